The zero-order valence-electron chi connectivity index (χ0n) is 14.9. The Hall–Kier alpha value is -1.98. The van der Waals surface area contributed by atoms with E-state index >= 15 is 0 Å². The lowest BCUT2D eigenvalue weighted by Crippen LogP contribution is -2.66. The third-order valence-corrected chi connectivity index (χ3v) is 5.35. The molecule has 2 aliphatic heterocycles. The molecular weight excluding hydrogens is 314 g/mol. The summed E-state index contributed by atoms with van der Waals surface area (Å²) in [5, 5.41) is 1.00. The molecule has 2 aliphatic rings. The minimum atomic E-state index is -0.100. The molecule has 5 heteroatoms. The third kappa shape index (κ3) is 3.26. The van der Waals surface area contributed by atoms with E-state index in [1.807, 2.05) is 35.2 Å². The number of ether oxygens (including phenoxy) is 1. The highest BCUT2D eigenvalue weighted by molar-refractivity contribution is 5.98. The lowest BCUT2D eigenvalue weighted by molar-refractivity contribution is -0.168. The van der Waals surface area contributed by atoms with E-state index in [4.69, 9.17) is 4.74 Å². The molecule has 3 heterocycles. The molecule has 2 aromatic rings. The largest absolute Gasteiger partial charge is 0.371 e. The van der Waals surface area contributed by atoms with Crippen LogP contribution in [0.2, 0.25) is 0 Å². The molecule has 1 amide bonds. The van der Waals surface area contributed by atoms with E-state index in [2.05, 4.69) is 24.0 Å². The first-order chi connectivity index (χ1) is 12.0. The molecule has 0 radical (unpaired) electrons. The fraction of sp³-hybridized carbons (Fsp3) is 0.500. The number of fused-ring (bicyclic) bond motifs is 1. The van der Waals surface area contributed by atoms with Crippen molar-refractivity contribution in [3.63, 3.8) is 0 Å². The molecule has 0 unspecified atom stereocenters. The fourth-order valence-electron chi connectivity index (χ4n) is 4.01. The summed E-state index contributed by atoms with van der Waals surface area (Å²) in [5.41, 5.74) is 1.55. The van der Waals surface area contributed by atoms with E-state index < -0.39 is 0 Å². The highest BCUT2D eigenvalue weighted by Crippen LogP contribution is 2.36. The van der Waals surface area contributed by atoms with Gasteiger partial charge in [0.15, 0.2) is 0 Å². The van der Waals surface area contributed by atoms with Crippen LogP contribution in [-0.4, -0.2) is 66.6 Å². The average molecular weight is 339 g/mol. The molecule has 1 aromatic carbocycles. The van der Waals surface area contributed by atoms with E-state index in [1.54, 1.807) is 6.20 Å². The smallest absolute Gasteiger partial charge is 0.254 e. The van der Waals surface area contributed by atoms with E-state index in [0.717, 1.165) is 36.0 Å². The number of rotatable bonds is 3. The molecule has 5 nitrogen and oxygen atoms in total. The maximum atomic E-state index is 12.7. The van der Waals surface area contributed by atoms with Crippen LogP contribution in [0, 0.1) is 5.92 Å². The molecule has 0 bridgehead atoms. The van der Waals surface area contributed by atoms with Crippen LogP contribution in [0.5, 0.6) is 0 Å². The number of aromatic nitrogens is 1. The Morgan fingerprint density at radius 3 is 2.92 bits per heavy atom. The second-order valence-corrected chi connectivity index (χ2v) is 7.73. The summed E-state index contributed by atoms with van der Waals surface area (Å²) in [4.78, 5) is 21.2. The van der Waals surface area contributed by atoms with Gasteiger partial charge in [0.25, 0.3) is 5.91 Å². The summed E-state index contributed by atoms with van der Waals surface area (Å²) in [5.74, 6) is 0.703. The highest BCUT2D eigenvalue weighted by atomic mass is 16.5. The fourth-order valence-corrected chi connectivity index (χ4v) is 4.01. The number of hydrogen-bond acceptors (Lipinski definition) is 4. The summed E-state index contributed by atoms with van der Waals surface area (Å²) in [6.07, 6.45) is 4.01. The molecule has 0 saturated carbocycles. The lowest BCUT2D eigenvalue weighted by atomic mass is 9.82. The first-order valence-electron chi connectivity index (χ1n) is 8.97. The second-order valence-electron chi connectivity index (χ2n) is 7.73. The maximum absolute atomic E-state index is 12.7. The van der Waals surface area contributed by atoms with Crippen molar-refractivity contribution < 1.29 is 9.53 Å². The molecule has 0 aliphatic carbocycles. The topological polar surface area (TPSA) is 45.7 Å². The van der Waals surface area contributed by atoms with Crippen LogP contribution in [0.1, 0.15) is 23.2 Å². The Labute approximate surface area is 148 Å². The van der Waals surface area contributed by atoms with Gasteiger partial charge in [0.1, 0.15) is 5.60 Å². The zero-order chi connectivity index (χ0) is 17.4. The van der Waals surface area contributed by atoms with Gasteiger partial charge in [-0.2, -0.15) is 0 Å². The Kier molecular flexibility index (Phi) is 4.21. The van der Waals surface area contributed by atoms with Crippen molar-refractivity contribution in [2.24, 2.45) is 5.92 Å². The van der Waals surface area contributed by atoms with Crippen LogP contribution in [0.25, 0.3) is 10.9 Å². The minimum Gasteiger partial charge on any atom is -0.371 e. The summed E-state index contributed by atoms with van der Waals surface area (Å²) in [6, 6.07) is 9.62. The van der Waals surface area contributed by atoms with Crippen LogP contribution in [0.15, 0.2) is 36.5 Å². The number of carbonyl (C=O) groups excluding carboxylic acids is 1. The van der Waals surface area contributed by atoms with Gasteiger partial charge in [-0.1, -0.05) is 6.07 Å². The monoisotopic (exact) mass is 339 g/mol. The Morgan fingerprint density at radius 2 is 2.20 bits per heavy atom. The van der Waals surface area contributed by atoms with Gasteiger partial charge >= 0.3 is 0 Å². The molecule has 1 spiro atoms. The van der Waals surface area contributed by atoms with Crippen LogP contribution in [0.3, 0.4) is 0 Å². The van der Waals surface area contributed by atoms with Crippen molar-refractivity contribution in [2.45, 2.75) is 18.4 Å². The standard InChI is InChI=1S/C20H25N3O2/c1-22(2)11-15-7-8-20(25-12-15)13-23(14-20)19(24)17-5-6-18-16(10-17)4-3-9-21-18/h3-6,9-10,15H,7-8,11-14H2,1-2H3/t15-/m1/s1. The number of amides is 1. The summed E-state index contributed by atoms with van der Waals surface area (Å²) >= 11 is 0. The predicted molar refractivity (Wildman–Crippen MR) is 97.6 cm³/mol. The SMILES string of the molecule is CN(C)C[C@H]1CCC2(CN(C(=O)c3ccc4ncccc4c3)C2)OC1. The molecule has 25 heavy (non-hydrogen) atoms. The van der Waals surface area contributed by atoms with Crippen molar-refractivity contribution in [3.8, 4) is 0 Å². The first kappa shape index (κ1) is 16.5. The molecule has 1 atom stereocenters. The Morgan fingerprint density at radius 1 is 1.36 bits per heavy atom. The minimum absolute atomic E-state index is 0.0930. The van der Waals surface area contributed by atoms with Gasteiger partial charge in [0.2, 0.25) is 0 Å². The second kappa shape index (κ2) is 6.39. The van der Waals surface area contributed by atoms with E-state index in [-0.39, 0.29) is 11.5 Å². The quantitative estimate of drug-likeness (QED) is 0.861. The van der Waals surface area contributed by atoms with Crippen molar-refractivity contribution in [1.82, 2.24) is 14.8 Å². The van der Waals surface area contributed by atoms with Crippen LogP contribution < -0.4 is 0 Å². The van der Waals surface area contributed by atoms with Crippen molar-refractivity contribution >= 4 is 16.8 Å². The normalized spacial score (nSPS) is 22.4. The number of pyridine rings is 1. The van der Waals surface area contributed by atoms with Gasteiger partial charge in [-0.05, 0) is 57.1 Å². The summed E-state index contributed by atoms with van der Waals surface area (Å²) in [7, 11) is 4.21. The Bertz CT molecular complexity index is 773. The van der Waals surface area contributed by atoms with Crippen molar-refractivity contribution in [1.29, 1.82) is 0 Å². The van der Waals surface area contributed by atoms with Gasteiger partial charge in [0.05, 0.1) is 25.2 Å². The third-order valence-electron chi connectivity index (χ3n) is 5.35. The van der Waals surface area contributed by atoms with Crippen LogP contribution in [-0.2, 0) is 4.74 Å². The molecule has 0 N–H and O–H groups in total. The number of nitrogens with zero attached hydrogens (tertiary/aromatic N) is 3. The van der Waals surface area contributed by atoms with Gasteiger partial charge in [-0.3, -0.25) is 9.78 Å². The summed E-state index contributed by atoms with van der Waals surface area (Å²) < 4.78 is 6.17. The number of likely N-dealkylation sites (tertiary alicyclic amines) is 1. The molecule has 2 fully saturated rings. The van der Waals surface area contributed by atoms with Crippen LogP contribution in [0.4, 0.5) is 0 Å². The van der Waals surface area contributed by atoms with Gasteiger partial charge in [-0.25, -0.2) is 0 Å². The van der Waals surface area contributed by atoms with Crippen molar-refractivity contribution in [3.05, 3.63) is 42.1 Å². The molecule has 132 valence electrons. The zero-order valence-corrected chi connectivity index (χ0v) is 14.9. The van der Waals surface area contributed by atoms with Crippen LogP contribution >= 0.6 is 0 Å². The Balaban J connectivity index is 1.37. The number of hydrogen-bond donors (Lipinski definition) is 0. The molecular formula is C20H25N3O2. The number of carbonyl (C=O) groups is 1. The highest BCUT2D eigenvalue weighted by Gasteiger charge is 2.48. The molecule has 4 rings (SSSR count). The summed E-state index contributed by atoms with van der Waals surface area (Å²) in [6.45, 7) is 3.31. The first-order valence-corrected chi connectivity index (χ1v) is 8.97. The lowest BCUT2D eigenvalue weighted by Gasteiger charge is -2.53. The molecule has 1 aromatic heterocycles. The predicted octanol–water partition coefficient (Wildman–Crippen LogP) is 2.42. The number of benzene rings is 1. The van der Waals surface area contributed by atoms with Gasteiger partial charge in [0, 0.05) is 23.7 Å². The average Bonchev–Trinajstić information content (AvgIpc) is 2.59. The molecule has 2 saturated heterocycles. The van der Waals surface area contributed by atoms with Gasteiger partial charge in [-0.15, -0.1) is 0 Å². The van der Waals surface area contributed by atoms with E-state index in [0.29, 0.717) is 19.0 Å². The van der Waals surface area contributed by atoms with E-state index in [1.165, 1.54) is 6.42 Å². The van der Waals surface area contributed by atoms with Crippen molar-refractivity contribution in [2.75, 3.05) is 40.3 Å². The van der Waals surface area contributed by atoms with E-state index in [9.17, 15) is 4.79 Å². The van der Waals surface area contributed by atoms with Gasteiger partial charge < -0.3 is 14.5 Å². The maximum Gasteiger partial charge on any atom is 0.254 e.